The van der Waals surface area contributed by atoms with Crippen molar-refractivity contribution in [2.24, 2.45) is 0 Å². The average Bonchev–Trinajstić information content (AvgIpc) is 0.911. The SMILES string of the molecule is CC/C=C\C/C=C\C/C=C\C/C=C\C/C=C\CCCCCC(=O)OCC(COP(=O)(O)OCC(O)COP(=O)(O)OCC(COC(=O)CCC/C=C\C/C=C\C/C=C\C/C=C\C/C=C\CC)OC(=O)CCCCCCC/C=C\CCCCCC)OC(=O)CCCCCCC/C=C\C/C=C\C/C=C\CC. The molecule has 0 aliphatic heterocycles. The van der Waals surface area contributed by atoms with E-state index in [1.54, 1.807) is 0 Å². The summed E-state index contributed by atoms with van der Waals surface area (Å²) in [6.45, 7) is 4.37. The van der Waals surface area contributed by atoms with Crippen LogP contribution in [0.15, 0.2) is 170 Å². The molecule has 590 valence electrons. The third-order valence-electron chi connectivity index (χ3n) is 15.7. The lowest BCUT2D eigenvalue weighted by atomic mass is 10.1. The molecule has 0 bridgehead atoms. The lowest BCUT2D eigenvalue weighted by Gasteiger charge is -2.21. The molecule has 0 fully saturated rings. The number of carbonyl (C=O) groups is 4. The zero-order valence-electron chi connectivity index (χ0n) is 64.4. The average molecular weight is 1490 g/mol. The first kappa shape index (κ1) is 98.4. The molecule has 0 heterocycles. The van der Waals surface area contributed by atoms with E-state index >= 15 is 0 Å². The fourth-order valence-electron chi connectivity index (χ4n) is 9.76. The number of hydrogen-bond acceptors (Lipinski definition) is 15. The van der Waals surface area contributed by atoms with Crippen LogP contribution in [0.1, 0.15) is 285 Å². The van der Waals surface area contributed by atoms with Crippen molar-refractivity contribution in [1.29, 1.82) is 0 Å². The molecule has 5 atom stereocenters. The van der Waals surface area contributed by atoms with Gasteiger partial charge in [0.15, 0.2) is 12.2 Å². The predicted molar refractivity (Wildman–Crippen MR) is 426 cm³/mol. The summed E-state index contributed by atoms with van der Waals surface area (Å²) >= 11 is 0. The Labute approximate surface area is 629 Å². The van der Waals surface area contributed by atoms with Crippen molar-refractivity contribution >= 4 is 39.5 Å². The zero-order chi connectivity index (χ0) is 76.0. The molecule has 0 amide bonds. The summed E-state index contributed by atoms with van der Waals surface area (Å²) in [4.78, 5) is 73.0. The Morgan fingerprint density at radius 3 is 0.827 bits per heavy atom. The van der Waals surface area contributed by atoms with Gasteiger partial charge >= 0.3 is 39.5 Å². The molecule has 0 rings (SSSR count). The number of esters is 4. The quantitative estimate of drug-likeness (QED) is 0.0169. The van der Waals surface area contributed by atoms with Crippen LogP contribution in [-0.4, -0.2) is 96.7 Å². The maximum atomic E-state index is 13.1. The van der Waals surface area contributed by atoms with Gasteiger partial charge in [0.2, 0.25) is 0 Å². The Kier molecular flexibility index (Phi) is 71.6. The molecule has 104 heavy (non-hydrogen) atoms. The summed E-state index contributed by atoms with van der Waals surface area (Å²) in [5.41, 5.74) is 0. The molecule has 0 spiro atoms. The van der Waals surface area contributed by atoms with Crippen LogP contribution in [-0.2, 0) is 65.4 Å². The van der Waals surface area contributed by atoms with Crippen LogP contribution >= 0.6 is 15.6 Å². The van der Waals surface area contributed by atoms with Crippen LogP contribution in [0.25, 0.3) is 0 Å². The number of carbonyl (C=O) groups excluding carboxylic acids is 4. The summed E-state index contributed by atoms with van der Waals surface area (Å²) in [5.74, 6) is -2.32. The number of hydrogen-bond donors (Lipinski definition) is 3. The Hall–Kier alpha value is -5.58. The maximum Gasteiger partial charge on any atom is 0.472 e. The zero-order valence-corrected chi connectivity index (χ0v) is 66.2. The topological polar surface area (TPSA) is 237 Å². The van der Waals surface area contributed by atoms with Gasteiger partial charge in [0.05, 0.1) is 26.4 Å². The maximum absolute atomic E-state index is 13.1. The smallest absolute Gasteiger partial charge is 0.462 e. The summed E-state index contributed by atoms with van der Waals surface area (Å²) in [6, 6.07) is 0. The highest BCUT2D eigenvalue weighted by Crippen LogP contribution is 2.45. The van der Waals surface area contributed by atoms with Crippen molar-refractivity contribution in [3.63, 3.8) is 0 Å². The van der Waals surface area contributed by atoms with E-state index in [1.807, 2.05) is 12.2 Å². The van der Waals surface area contributed by atoms with Crippen LogP contribution in [0.4, 0.5) is 0 Å². The van der Waals surface area contributed by atoms with Crippen molar-refractivity contribution in [2.45, 2.75) is 303 Å². The van der Waals surface area contributed by atoms with E-state index in [1.165, 1.54) is 25.7 Å². The normalized spacial score (nSPS) is 14.8. The standard InChI is InChI=1S/C85H138O17P2/c1-5-9-13-17-21-25-29-33-36-38-39-41-44-47-50-54-58-62-66-70-83(88)96-76-81(102-85(90)72-68-64-60-56-52-48-42-35-31-27-23-19-15-11-7-3)78-100-104(93,94)98-74-79(86)73-97-103(91,92)99-77-80(101-84(89)71-67-63-59-55-51-45-32-28-24-20-16-12-8-4)75-95-82(87)69-65-61-57-53-49-46-43-40-37-34-30-26-22-18-14-10-6-2/h9-11,13-15,21-23,25-28,32-37,39,41-43,46-47,50,53,57,79-81,86H,5-8,12,16-20,24,29-31,38,40,44-45,48-49,51-52,54-56,58-78H2,1-4H3,(H,91,92)(H,93,94)/b13-9-,14-10-,15-11-,25-21-,26-22-,27-23-,32-28-,36-33-,37-34-,41-39-,42-35-,46-43-,50-47-,57-53-. The monoisotopic (exact) mass is 1490 g/mol. The van der Waals surface area contributed by atoms with Gasteiger partial charge in [-0.15, -0.1) is 0 Å². The van der Waals surface area contributed by atoms with Gasteiger partial charge in [0.25, 0.3) is 0 Å². The number of aliphatic hydroxyl groups excluding tert-OH is 1. The van der Waals surface area contributed by atoms with Crippen molar-refractivity contribution in [1.82, 2.24) is 0 Å². The summed E-state index contributed by atoms with van der Waals surface area (Å²) in [5, 5.41) is 10.6. The second kappa shape index (κ2) is 75.6. The van der Waals surface area contributed by atoms with Gasteiger partial charge in [-0.05, 0) is 167 Å². The molecule has 0 aliphatic carbocycles. The van der Waals surface area contributed by atoms with Crippen molar-refractivity contribution in [3.8, 4) is 0 Å². The second-order valence-corrected chi connectivity index (χ2v) is 28.4. The van der Waals surface area contributed by atoms with Gasteiger partial charge in [-0.2, -0.15) is 0 Å². The molecule has 5 unspecified atom stereocenters. The number of unbranched alkanes of at least 4 members (excludes halogenated alkanes) is 18. The van der Waals surface area contributed by atoms with Crippen molar-refractivity contribution < 1.29 is 80.2 Å². The summed E-state index contributed by atoms with van der Waals surface area (Å²) < 4.78 is 68.5. The van der Waals surface area contributed by atoms with E-state index in [9.17, 15) is 43.2 Å². The molecular formula is C85H138O17P2. The Morgan fingerprint density at radius 2 is 0.510 bits per heavy atom. The van der Waals surface area contributed by atoms with E-state index in [-0.39, 0.29) is 25.7 Å². The van der Waals surface area contributed by atoms with E-state index in [2.05, 4.69) is 186 Å². The lowest BCUT2D eigenvalue weighted by Crippen LogP contribution is -2.30. The number of allylic oxidation sites excluding steroid dienone is 28. The minimum atomic E-state index is -5.00. The van der Waals surface area contributed by atoms with Gasteiger partial charge < -0.3 is 33.8 Å². The van der Waals surface area contributed by atoms with E-state index in [0.29, 0.717) is 32.1 Å². The first-order valence-corrected chi connectivity index (χ1v) is 42.4. The van der Waals surface area contributed by atoms with Gasteiger partial charge in [-0.3, -0.25) is 37.3 Å². The first-order valence-electron chi connectivity index (χ1n) is 39.4. The van der Waals surface area contributed by atoms with E-state index in [0.717, 1.165) is 173 Å². The van der Waals surface area contributed by atoms with Crippen LogP contribution in [0.3, 0.4) is 0 Å². The molecule has 17 nitrogen and oxygen atoms in total. The summed E-state index contributed by atoms with van der Waals surface area (Å²) in [6.07, 6.45) is 89.2. The minimum absolute atomic E-state index is 0.0603. The number of phosphoric acid groups is 2. The molecular weight excluding hydrogens is 1350 g/mol. The molecule has 0 radical (unpaired) electrons. The minimum Gasteiger partial charge on any atom is -0.462 e. The third-order valence-corrected chi connectivity index (χ3v) is 17.6. The molecule has 19 heteroatoms. The van der Waals surface area contributed by atoms with Crippen LogP contribution in [0.2, 0.25) is 0 Å². The largest absolute Gasteiger partial charge is 0.472 e. The van der Waals surface area contributed by atoms with Crippen molar-refractivity contribution in [3.05, 3.63) is 170 Å². The third kappa shape index (κ3) is 74.7. The second-order valence-electron chi connectivity index (χ2n) is 25.5. The van der Waals surface area contributed by atoms with E-state index in [4.69, 9.17) is 37.0 Å². The first-order chi connectivity index (χ1) is 50.7. The van der Waals surface area contributed by atoms with Gasteiger partial charge in [-0.1, -0.05) is 262 Å². The highest BCUT2D eigenvalue weighted by Gasteiger charge is 2.30. The highest BCUT2D eigenvalue weighted by molar-refractivity contribution is 7.47. The summed E-state index contributed by atoms with van der Waals surface area (Å²) in [7, 11) is -10.0. The number of aliphatic hydroxyl groups is 1. The number of ether oxygens (including phenoxy) is 4. The van der Waals surface area contributed by atoms with Gasteiger partial charge in [0.1, 0.15) is 19.3 Å². The van der Waals surface area contributed by atoms with Crippen LogP contribution < -0.4 is 0 Å². The molecule has 0 saturated heterocycles. The number of rotatable bonds is 72. The molecule has 3 N–H and O–H groups in total. The fourth-order valence-corrected chi connectivity index (χ4v) is 11.3. The van der Waals surface area contributed by atoms with Crippen LogP contribution in [0, 0.1) is 0 Å². The fraction of sp³-hybridized carbons (Fsp3) is 0.624. The molecule has 0 aromatic heterocycles. The Balaban J connectivity index is 5.46. The Bertz CT molecular complexity index is 2640. The molecule has 0 aromatic carbocycles. The lowest BCUT2D eigenvalue weighted by molar-refractivity contribution is -0.161. The predicted octanol–water partition coefficient (Wildman–Crippen LogP) is 23.0. The van der Waals surface area contributed by atoms with Crippen molar-refractivity contribution in [2.75, 3.05) is 39.6 Å². The van der Waals surface area contributed by atoms with Gasteiger partial charge in [-0.25, -0.2) is 9.13 Å². The van der Waals surface area contributed by atoms with Crippen LogP contribution in [0.5, 0.6) is 0 Å². The van der Waals surface area contributed by atoms with Gasteiger partial charge in [0, 0.05) is 25.7 Å². The Morgan fingerprint density at radius 1 is 0.279 bits per heavy atom. The highest BCUT2D eigenvalue weighted by atomic mass is 31.2. The molecule has 0 saturated carbocycles. The van der Waals surface area contributed by atoms with E-state index < -0.39 is 97.5 Å². The number of phosphoric ester groups is 2. The molecule has 0 aromatic rings. The molecule has 0 aliphatic rings.